The highest BCUT2D eigenvalue weighted by atomic mass is 16.6. The van der Waals surface area contributed by atoms with Crippen molar-refractivity contribution in [1.82, 2.24) is 0 Å². The number of carbonyl (C=O) groups is 1. The fourth-order valence-corrected chi connectivity index (χ4v) is 1.26. The Balaban J connectivity index is 3.19. The highest BCUT2D eigenvalue weighted by Gasteiger charge is 2.17. The maximum absolute atomic E-state index is 11.3. The summed E-state index contributed by atoms with van der Waals surface area (Å²) in [6, 6.07) is 3.25. The molecule has 0 radical (unpaired) electrons. The molecule has 0 heterocycles. The molecule has 5 heteroatoms. The van der Waals surface area contributed by atoms with Crippen LogP contribution < -0.4 is 18.9 Å². The van der Waals surface area contributed by atoms with Crippen molar-refractivity contribution in [2.75, 3.05) is 21.3 Å². The second kappa shape index (κ2) is 5.98. The van der Waals surface area contributed by atoms with Gasteiger partial charge in [-0.2, -0.15) is 0 Å². The number of ether oxygens (including phenoxy) is 4. The average molecular weight is 240 g/mol. The van der Waals surface area contributed by atoms with Crippen LogP contribution in [-0.4, -0.2) is 27.3 Å². The van der Waals surface area contributed by atoms with Crippen LogP contribution in [0.1, 0.15) is 13.3 Å². The van der Waals surface area contributed by atoms with Gasteiger partial charge in [0, 0.05) is 18.6 Å². The fraction of sp³-hybridized carbons (Fsp3) is 0.417. The lowest BCUT2D eigenvalue weighted by Gasteiger charge is -2.14. The molecule has 1 aromatic carbocycles. The van der Waals surface area contributed by atoms with Crippen molar-refractivity contribution in [2.45, 2.75) is 13.3 Å². The van der Waals surface area contributed by atoms with E-state index < -0.39 is 0 Å². The van der Waals surface area contributed by atoms with Gasteiger partial charge in [-0.05, 0) is 0 Å². The van der Waals surface area contributed by atoms with E-state index in [-0.39, 0.29) is 18.1 Å². The van der Waals surface area contributed by atoms with Gasteiger partial charge in [0.15, 0.2) is 11.5 Å². The summed E-state index contributed by atoms with van der Waals surface area (Å²) in [6.07, 6.45) is 0.276. The molecule has 17 heavy (non-hydrogen) atoms. The minimum atomic E-state index is -0.355. The summed E-state index contributed by atoms with van der Waals surface area (Å²) in [5, 5.41) is 0. The third-order valence-electron chi connectivity index (χ3n) is 2.17. The smallest absolute Gasteiger partial charge is 0.311 e. The van der Waals surface area contributed by atoms with E-state index in [1.807, 2.05) is 0 Å². The summed E-state index contributed by atoms with van der Waals surface area (Å²) >= 11 is 0. The van der Waals surface area contributed by atoms with Crippen LogP contribution in [0.2, 0.25) is 0 Å². The first-order valence-corrected chi connectivity index (χ1v) is 5.16. The van der Waals surface area contributed by atoms with Gasteiger partial charge >= 0.3 is 5.97 Å². The molecule has 0 amide bonds. The molecule has 5 nitrogen and oxygen atoms in total. The molecule has 94 valence electrons. The standard InChI is InChI=1S/C12H16O5/c1-5-11(13)17-12-9(15-3)6-8(14-2)7-10(12)16-4/h6-7H,5H2,1-4H3. The van der Waals surface area contributed by atoms with Crippen LogP contribution in [0.15, 0.2) is 12.1 Å². The summed E-state index contributed by atoms with van der Waals surface area (Å²) < 4.78 is 20.5. The van der Waals surface area contributed by atoms with Crippen molar-refractivity contribution in [3.63, 3.8) is 0 Å². The zero-order valence-corrected chi connectivity index (χ0v) is 10.4. The Morgan fingerprint density at radius 3 is 1.94 bits per heavy atom. The molecule has 0 aliphatic rings. The topological polar surface area (TPSA) is 54.0 Å². The van der Waals surface area contributed by atoms with E-state index in [9.17, 15) is 4.79 Å². The van der Waals surface area contributed by atoms with Gasteiger partial charge in [-0.15, -0.1) is 0 Å². The maximum atomic E-state index is 11.3. The van der Waals surface area contributed by atoms with Gasteiger partial charge in [0.25, 0.3) is 0 Å². The zero-order valence-electron chi connectivity index (χ0n) is 10.4. The molecule has 0 saturated carbocycles. The number of methoxy groups -OCH3 is 3. The highest BCUT2D eigenvalue weighted by Crippen LogP contribution is 2.41. The first-order valence-electron chi connectivity index (χ1n) is 5.16. The minimum absolute atomic E-state index is 0.266. The molecule has 0 fully saturated rings. The average Bonchev–Trinajstić information content (AvgIpc) is 2.38. The first kappa shape index (κ1) is 13.2. The summed E-state index contributed by atoms with van der Waals surface area (Å²) in [5.41, 5.74) is 0. The van der Waals surface area contributed by atoms with Crippen LogP contribution in [-0.2, 0) is 4.79 Å². The zero-order chi connectivity index (χ0) is 12.8. The number of hydrogen-bond acceptors (Lipinski definition) is 5. The van der Waals surface area contributed by atoms with Gasteiger partial charge in [0.2, 0.25) is 5.75 Å². The summed E-state index contributed by atoms with van der Waals surface area (Å²) in [4.78, 5) is 11.3. The Labute approximate surface area is 100 Å². The second-order valence-corrected chi connectivity index (χ2v) is 3.19. The fourth-order valence-electron chi connectivity index (χ4n) is 1.26. The Morgan fingerprint density at radius 2 is 1.59 bits per heavy atom. The molecule has 0 bridgehead atoms. The number of esters is 1. The third-order valence-corrected chi connectivity index (χ3v) is 2.17. The van der Waals surface area contributed by atoms with Crippen molar-refractivity contribution in [3.8, 4) is 23.0 Å². The Hall–Kier alpha value is -1.91. The molecule has 0 saturated heterocycles. The maximum Gasteiger partial charge on any atom is 0.311 e. The molecule has 0 spiro atoms. The Morgan fingerprint density at radius 1 is 1.06 bits per heavy atom. The van der Waals surface area contributed by atoms with Gasteiger partial charge in [-0.3, -0.25) is 4.79 Å². The molecular weight excluding hydrogens is 224 g/mol. The van der Waals surface area contributed by atoms with Crippen molar-refractivity contribution < 1.29 is 23.7 Å². The lowest BCUT2D eigenvalue weighted by atomic mass is 10.2. The third kappa shape index (κ3) is 3.03. The van der Waals surface area contributed by atoms with E-state index in [1.165, 1.54) is 21.3 Å². The SMILES string of the molecule is CCC(=O)Oc1c(OC)cc(OC)cc1OC. The predicted octanol–water partition coefficient (Wildman–Crippen LogP) is 2.03. The summed E-state index contributed by atoms with van der Waals surface area (Å²) in [7, 11) is 4.50. The van der Waals surface area contributed by atoms with Crippen molar-refractivity contribution >= 4 is 5.97 Å². The van der Waals surface area contributed by atoms with E-state index >= 15 is 0 Å². The summed E-state index contributed by atoms with van der Waals surface area (Å²) in [5.74, 6) is 1.26. The van der Waals surface area contributed by atoms with Gasteiger partial charge < -0.3 is 18.9 Å². The number of carbonyl (C=O) groups excluding carboxylic acids is 1. The van der Waals surface area contributed by atoms with Crippen LogP contribution in [0, 0.1) is 0 Å². The molecule has 0 N–H and O–H groups in total. The number of benzene rings is 1. The predicted molar refractivity (Wildman–Crippen MR) is 62.0 cm³/mol. The molecular formula is C12H16O5. The van der Waals surface area contributed by atoms with Gasteiger partial charge in [0.1, 0.15) is 5.75 Å². The lowest BCUT2D eigenvalue weighted by Crippen LogP contribution is -2.08. The van der Waals surface area contributed by atoms with Gasteiger partial charge in [-0.25, -0.2) is 0 Å². The van der Waals surface area contributed by atoms with E-state index in [0.29, 0.717) is 17.2 Å². The molecule has 0 aliphatic carbocycles. The molecule has 0 aliphatic heterocycles. The molecule has 0 unspecified atom stereocenters. The van der Waals surface area contributed by atoms with Crippen LogP contribution in [0.4, 0.5) is 0 Å². The van der Waals surface area contributed by atoms with Crippen LogP contribution in [0.5, 0.6) is 23.0 Å². The van der Waals surface area contributed by atoms with E-state index in [4.69, 9.17) is 18.9 Å². The molecule has 0 atom stereocenters. The minimum Gasteiger partial charge on any atom is -0.496 e. The van der Waals surface area contributed by atoms with Crippen LogP contribution in [0.25, 0.3) is 0 Å². The normalized spacial score (nSPS) is 9.65. The largest absolute Gasteiger partial charge is 0.496 e. The molecule has 1 aromatic rings. The van der Waals surface area contributed by atoms with Crippen molar-refractivity contribution in [1.29, 1.82) is 0 Å². The summed E-state index contributed by atoms with van der Waals surface area (Å²) in [6.45, 7) is 1.71. The van der Waals surface area contributed by atoms with Crippen LogP contribution >= 0.6 is 0 Å². The monoisotopic (exact) mass is 240 g/mol. The highest BCUT2D eigenvalue weighted by molar-refractivity contribution is 5.74. The quantitative estimate of drug-likeness (QED) is 0.582. The van der Waals surface area contributed by atoms with E-state index in [1.54, 1.807) is 19.1 Å². The van der Waals surface area contributed by atoms with Gasteiger partial charge in [0.05, 0.1) is 21.3 Å². The van der Waals surface area contributed by atoms with E-state index in [0.717, 1.165) is 0 Å². The van der Waals surface area contributed by atoms with Gasteiger partial charge in [-0.1, -0.05) is 6.92 Å². The Bertz CT molecular complexity index is 375. The molecule has 1 rings (SSSR count). The van der Waals surface area contributed by atoms with E-state index in [2.05, 4.69) is 0 Å². The second-order valence-electron chi connectivity index (χ2n) is 3.19. The lowest BCUT2D eigenvalue weighted by molar-refractivity contribution is -0.134. The van der Waals surface area contributed by atoms with Crippen LogP contribution in [0.3, 0.4) is 0 Å². The number of rotatable bonds is 5. The Kier molecular flexibility index (Phi) is 4.63. The molecule has 0 aromatic heterocycles. The van der Waals surface area contributed by atoms with Crippen molar-refractivity contribution in [2.24, 2.45) is 0 Å². The van der Waals surface area contributed by atoms with Crippen molar-refractivity contribution in [3.05, 3.63) is 12.1 Å². The first-order chi connectivity index (χ1) is 8.15. The number of hydrogen-bond donors (Lipinski definition) is 0.